The minimum absolute atomic E-state index is 0.173. The fraction of sp³-hybridized carbons (Fsp3) is 0.500. The number of benzene rings is 1. The Bertz CT molecular complexity index is 299. The fourth-order valence-corrected chi connectivity index (χ4v) is 2.20. The van der Waals surface area contributed by atoms with Gasteiger partial charge in [-0.1, -0.05) is 41.1 Å². The summed E-state index contributed by atoms with van der Waals surface area (Å²) in [5.74, 6) is 0. The normalized spacial score (nSPS) is 14.9. The molecule has 84 valence electrons. The zero-order valence-corrected chi connectivity index (χ0v) is 10.8. The number of aliphatic hydroxyl groups excluding tert-OH is 1. The molecule has 0 heterocycles. The van der Waals surface area contributed by atoms with Crippen LogP contribution in [0.5, 0.6) is 0 Å². The molecule has 0 saturated carbocycles. The van der Waals surface area contributed by atoms with E-state index in [0.29, 0.717) is 0 Å². The largest absolute Gasteiger partial charge is 0.395 e. The third kappa shape index (κ3) is 3.59. The first-order chi connectivity index (χ1) is 7.19. The predicted octanol–water partition coefficient (Wildman–Crippen LogP) is 2.87. The van der Waals surface area contributed by atoms with Gasteiger partial charge in [0.25, 0.3) is 0 Å². The Morgan fingerprint density at radius 2 is 2.07 bits per heavy atom. The highest BCUT2D eigenvalue weighted by Crippen LogP contribution is 2.23. The molecular formula is C12H18BrNO. The number of nitrogens with one attached hydrogen (secondary N) is 1. The number of hydrogen-bond donors (Lipinski definition) is 2. The zero-order valence-electron chi connectivity index (χ0n) is 9.20. The number of hydrogen-bond acceptors (Lipinski definition) is 2. The predicted molar refractivity (Wildman–Crippen MR) is 66.9 cm³/mol. The first-order valence-corrected chi connectivity index (χ1v) is 6.09. The van der Waals surface area contributed by atoms with Gasteiger partial charge in [0.1, 0.15) is 0 Å². The van der Waals surface area contributed by atoms with Gasteiger partial charge in [0.2, 0.25) is 0 Å². The molecule has 0 unspecified atom stereocenters. The Balaban J connectivity index is 2.68. The van der Waals surface area contributed by atoms with Crippen LogP contribution in [0.25, 0.3) is 0 Å². The number of halogens is 1. The van der Waals surface area contributed by atoms with E-state index < -0.39 is 0 Å². The van der Waals surface area contributed by atoms with E-state index in [9.17, 15) is 0 Å². The Labute approximate surface area is 99.8 Å². The lowest BCUT2D eigenvalue weighted by Gasteiger charge is -2.21. The molecule has 15 heavy (non-hydrogen) atoms. The Hall–Kier alpha value is -0.380. The van der Waals surface area contributed by atoms with Crippen LogP contribution in [-0.2, 0) is 0 Å². The van der Waals surface area contributed by atoms with Crippen LogP contribution >= 0.6 is 15.9 Å². The summed E-state index contributed by atoms with van der Waals surface area (Å²) in [6.45, 7) is 4.37. The summed E-state index contributed by atoms with van der Waals surface area (Å²) in [5, 5.41) is 12.5. The maximum absolute atomic E-state index is 9.12. The summed E-state index contributed by atoms with van der Waals surface area (Å²) in [6, 6.07) is 8.57. The van der Waals surface area contributed by atoms with E-state index in [1.165, 1.54) is 5.56 Å². The number of aliphatic hydroxyl groups is 1. The molecule has 1 aromatic carbocycles. The van der Waals surface area contributed by atoms with E-state index >= 15 is 0 Å². The van der Waals surface area contributed by atoms with Crippen LogP contribution in [0.2, 0.25) is 0 Å². The van der Waals surface area contributed by atoms with E-state index in [2.05, 4.69) is 41.2 Å². The van der Waals surface area contributed by atoms with Crippen LogP contribution in [0.1, 0.15) is 31.9 Å². The van der Waals surface area contributed by atoms with Gasteiger partial charge in [0.15, 0.2) is 0 Å². The molecule has 0 aliphatic heterocycles. The van der Waals surface area contributed by atoms with Crippen molar-refractivity contribution >= 4 is 15.9 Å². The van der Waals surface area contributed by atoms with E-state index in [1.54, 1.807) is 0 Å². The van der Waals surface area contributed by atoms with Crippen molar-refractivity contribution < 1.29 is 5.11 Å². The van der Waals surface area contributed by atoms with Gasteiger partial charge >= 0.3 is 0 Å². The lowest BCUT2D eigenvalue weighted by Crippen LogP contribution is -2.34. The Morgan fingerprint density at radius 1 is 1.40 bits per heavy atom. The third-order valence-electron chi connectivity index (χ3n) is 2.57. The SMILES string of the molecule is CC[C@H](CO)N[C@@H](C)c1ccccc1Br. The van der Waals surface area contributed by atoms with Gasteiger partial charge < -0.3 is 10.4 Å². The van der Waals surface area contributed by atoms with Crippen LogP contribution in [0.15, 0.2) is 28.7 Å². The molecule has 0 amide bonds. The maximum atomic E-state index is 9.12. The van der Waals surface area contributed by atoms with Crippen molar-refractivity contribution in [2.24, 2.45) is 0 Å². The number of rotatable bonds is 5. The second kappa shape index (κ2) is 6.26. The van der Waals surface area contributed by atoms with Crippen molar-refractivity contribution in [2.75, 3.05) is 6.61 Å². The molecule has 1 aromatic rings. The average molecular weight is 272 g/mol. The zero-order chi connectivity index (χ0) is 11.3. The molecule has 0 fully saturated rings. The highest BCUT2D eigenvalue weighted by molar-refractivity contribution is 9.10. The van der Waals surface area contributed by atoms with E-state index in [-0.39, 0.29) is 18.7 Å². The molecule has 0 aliphatic rings. The average Bonchev–Trinajstić information content (AvgIpc) is 2.26. The van der Waals surface area contributed by atoms with Crippen molar-refractivity contribution in [1.82, 2.24) is 5.32 Å². The molecule has 1 rings (SSSR count). The second-order valence-corrected chi connectivity index (χ2v) is 4.55. The topological polar surface area (TPSA) is 32.3 Å². The van der Waals surface area contributed by atoms with Gasteiger partial charge in [-0.05, 0) is 25.0 Å². The molecule has 2 N–H and O–H groups in total. The van der Waals surface area contributed by atoms with E-state index in [0.717, 1.165) is 10.9 Å². The Morgan fingerprint density at radius 3 is 2.60 bits per heavy atom. The molecule has 2 nitrogen and oxygen atoms in total. The summed E-state index contributed by atoms with van der Waals surface area (Å²) in [5.41, 5.74) is 1.23. The molecule has 3 heteroatoms. The van der Waals surface area contributed by atoms with Crippen molar-refractivity contribution in [3.05, 3.63) is 34.3 Å². The van der Waals surface area contributed by atoms with Crippen molar-refractivity contribution in [3.63, 3.8) is 0 Å². The highest BCUT2D eigenvalue weighted by Gasteiger charge is 2.12. The van der Waals surface area contributed by atoms with Crippen molar-refractivity contribution in [2.45, 2.75) is 32.4 Å². The molecule has 0 aliphatic carbocycles. The summed E-state index contributed by atoms with van der Waals surface area (Å²) < 4.78 is 1.11. The van der Waals surface area contributed by atoms with Crippen LogP contribution in [0, 0.1) is 0 Å². The molecular weight excluding hydrogens is 254 g/mol. The molecule has 0 bridgehead atoms. The van der Waals surface area contributed by atoms with Gasteiger partial charge in [-0.2, -0.15) is 0 Å². The van der Waals surface area contributed by atoms with Crippen LogP contribution in [0.3, 0.4) is 0 Å². The lowest BCUT2D eigenvalue weighted by atomic mass is 10.1. The summed E-state index contributed by atoms with van der Waals surface area (Å²) >= 11 is 3.53. The molecule has 0 aromatic heterocycles. The minimum Gasteiger partial charge on any atom is -0.395 e. The van der Waals surface area contributed by atoms with Crippen LogP contribution in [0.4, 0.5) is 0 Å². The summed E-state index contributed by atoms with van der Waals surface area (Å²) in [6.07, 6.45) is 0.936. The van der Waals surface area contributed by atoms with Crippen molar-refractivity contribution in [1.29, 1.82) is 0 Å². The second-order valence-electron chi connectivity index (χ2n) is 3.70. The molecule has 0 spiro atoms. The van der Waals surface area contributed by atoms with Crippen LogP contribution in [-0.4, -0.2) is 17.8 Å². The van der Waals surface area contributed by atoms with Gasteiger partial charge in [-0.15, -0.1) is 0 Å². The Kier molecular flexibility index (Phi) is 5.29. The van der Waals surface area contributed by atoms with E-state index in [4.69, 9.17) is 5.11 Å². The first-order valence-electron chi connectivity index (χ1n) is 5.30. The quantitative estimate of drug-likeness (QED) is 0.863. The monoisotopic (exact) mass is 271 g/mol. The molecule has 0 saturated heterocycles. The molecule has 0 radical (unpaired) electrons. The standard InChI is InChI=1S/C12H18BrNO/c1-3-10(8-15)14-9(2)11-6-4-5-7-12(11)13/h4-7,9-10,14-15H,3,8H2,1-2H3/t9-,10+/m0/s1. The summed E-state index contributed by atoms with van der Waals surface area (Å²) in [7, 11) is 0. The van der Waals surface area contributed by atoms with Gasteiger partial charge in [-0.3, -0.25) is 0 Å². The van der Waals surface area contributed by atoms with Gasteiger partial charge in [0.05, 0.1) is 6.61 Å². The molecule has 2 atom stereocenters. The van der Waals surface area contributed by atoms with E-state index in [1.807, 2.05) is 18.2 Å². The summed E-state index contributed by atoms with van der Waals surface area (Å²) in [4.78, 5) is 0. The first kappa shape index (κ1) is 12.7. The minimum atomic E-state index is 0.173. The fourth-order valence-electron chi connectivity index (χ4n) is 1.57. The smallest absolute Gasteiger partial charge is 0.0584 e. The third-order valence-corrected chi connectivity index (χ3v) is 3.29. The van der Waals surface area contributed by atoms with Gasteiger partial charge in [0, 0.05) is 16.6 Å². The lowest BCUT2D eigenvalue weighted by molar-refractivity contribution is 0.230. The van der Waals surface area contributed by atoms with Crippen molar-refractivity contribution in [3.8, 4) is 0 Å². The highest BCUT2D eigenvalue weighted by atomic mass is 79.9. The van der Waals surface area contributed by atoms with Crippen LogP contribution < -0.4 is 5.32 Å². The maximum Gasteiger partial charge on any atom is 0.0584 e. The van der Waals surface area contributed by atoms with Gasteiger partial charge in [-0.25, -0.2) is 0 Å².